The van der Waals surface area contributed by atoms with Crippen molar-refractivity contribution in [1.82, 2.24) is 10.6 Å². The number of carbonyl (C=O) groups excluding carboxylic acids is 6. The summed E-state index contributed by atoms with van der Waals surface area (Å²) >= 11 is 0. The molecule has 2 aliphatic heterocycles. The number of phosphoric ester groups is 1. The van der Waals surface area contributed by atoms with Gasteiger partial charge in [0.1, 0.15) is 60.9 Å². The van der Waals surface area contributed by atoms with E-state index >= 15 is 4.79 Å². The fourth-order valence-electron chi connectivity index (χ4n) is 16.7. The second-order valence-corrected chi connectivity index (χ2v) is 36.7. The molecule has 0 aromatic carbocycles. The monoisotopic (exact) mass is 1730 g/mol. The highest BCUT2D eigenvalue weighted by Gasteiger charge is 2.53. The maximum atomic E-state index is 15.0. The Hall–Kier alpha value is -3.35. The molecule has 0 aromatic heterocycles. The van der Waals surface area contributed by atoms with Crippen LogP contribution in [0, 0.1) is 0 Å². The predicted octanol–water partition coefficient (Wildman–Crippen LogP) is 22.3. The minimum atomic E-state index is -5.58. The summed E-state index contributed by atoms with van der Waals surface area (Å²) in [5.41, 5.74) is 0. The first-order valence-corrected chi connectivity index (χ1v) is 51.4. The molecule has 0 aromatic rings. The Morgan fingerprint density at radius 2 is 0.608 bits per heavy atom. The number of ether oxygens (including phenoxy) is 7. The first kappa shape index (κ1) is 113. The number of rotatable bonds is 84. The number of aliphatic hydroxyl groups excluding tert-OH is 4. The number of aliphatic hydroxyl groups is 4. The molecule has 2 rings (SSSR count). The van der Waals surface area contributed by atoms with Crippen LogP contribution in [-0.4, -0.2) is 159 Å². The van der Waals surface area contributed by atoms with Gasteiger partial charge < -0.3 is 74.0 Å². The molecule has 23 nitrogen and oxygen atoms in total. The van der Waals surface area contributed by atoms with Crippen LogP contribution >= 0.6 is 7.82 Å². The minimum Gasteiger partial charge on any atom is -0.462 e. The summed E-state index contributed by atoms with van der Waals surface area (Å²) in [6.45, 7) is 11.4. The molecule has 13 atom stereocenters. The lowest BCUT2D eigenvalue weighted by Gasteiger charge is -2.46. The van der Waals surface area contributed by atoms with Crippen LogP contribution in [0.2, 0.25) is 0 Å². The van der Waals surface area contributed by atoms with E-state index in [4.69, 9.17) is 37.7 Å². The van der Waals surface area contributed by atoms with Crippen LogP contribution in [0.25, 0.3) is 0 Å². The Balaban J connectivity index is 2.58. The van der Waals surface area contributed by atoms with Crippen molar-refractivity contribution >= 4 is 43.5 Å². The lowest BCUT2D eigenvalue weighted by molar-refractivity contribution is -0.297. The highest BCUT2D eigenvalue weighted by Crippen LogP contribution is 2.43. The lowest BCUT2D eigenvalue weighted by Crippen LogP contribution is -2.67. The summed E-state index contributed by atoms with van der Waals surface area (Å²) in [4.78, 5) is 106. The summed E-state index contributed by atoms with van der Waals surface area (Å²) in [6, 6.07) is -3.37. The normalized spacial score (nSPS) is 20.2. The molecular weight excluding hydrogens is 1550 g/mol. The number of phosphoric acid groups is 1. The van der Waals surface area contributed by atoms with Gasteiger partial charge in [0.15, 0.2) is 18.7 Å². The Labute approximate surface area is 729 Å². The van der Waals surface area contributed by atoms with Gasteiger partial charge in [-0.05, 0) is 57.8 Å². The number of hydrogen-bond donors (Lipinski definition) is 8. The van der Waals surface area contributed by atoms with Gasteiger partial charge in [-0.2, -0.15) is 0 Å². The van der Waals surface area contributed by atoms with Gasteiger partial charge in [-0.3, -0.25) is 33.3 Å². The van der Waals surface area contributed by atoms with E-state index in [1.807, 2.05) is 0 Å². The van der Waals surface area contributed by atoms with E-state index in [2.05, 4.69) is 52.2 Å². The third-order valence-corrected chi connectivity index (χ3v) is 24.6. The average molecular weight is 1730 g/mol. The number of esters is 4. The molecule has 2 heterocycles. The fraction of sp³-hybridized carbons (Fsp3) is 0.938. The van der Waals surface area contributed by atoms with Gasteiger partial charge in [-0.1, -0.05) is 388 Å². The molecule has 2 fully saturated rings. The van der Waals surface area contributed by atoms with Crippen LogP contribution in [0.4, 0.5) is 0 Å². The Bertz CT molecular complexity index is 2510. The zero-order valence-electron chi connectivity index (χ0n) is 77.0. The van der Waals surface area contributed by atoms with Crippen LogP contribution in [-0.2, 0) is 71.0 Å². The fourth-order valence-corrected chi connectivity index (χ4v) is 17.3. The maximum Gasteiger partial charge on any atom is 0.470 e. The van der Waals surface area contributed by atoms with Crippen molar-refractivity contribution in [2.45, 2.75) is 564 Å². The molecule has 706 valence electrons. The van der Waals surface area contributed by atoms with Gasteiger partial charge in [0, 0.05) is 19.3 Å². The van der Waals surface area contributed by atoms with E-state index in [1.54, 1.807) is 0 Å². The molecule has 0 aliphatic carbocycles. The summed E-state index contributed by atoms with van der Waals surface area (Å²) in [5, 5.41) is 51.8. The molecule has 24 heteroatoms. The highest BCUT2D eigenvalue weighted by atomic mass is 31.2. The first-order chi connectivity index (χ1) is 58.2. The Kier molecular flexibility index (Phi) is 72.2. The maximum absolute atomic E-state index is 15.0. The van der Waals surface area contributed by atoms with Crippen molar-refractivity contribution in [2.75, 3.05) is 13.2 Å². The van der Waals surface area contributed by atoms with Gasteiger partial charge in [-0.15, -0.1) is 0 Å². The third-order valence-electron chi connectivity index (χ3n) is 24.1. The molecule has 0 bridgehead atoms. The molecule has 2 aliphatic rings. The molecule has 2 amide bonds. The van der Waals surface area contributed by atoms with Gasteiger partial charge in [0.25, 0.3) is 0 Å². The van der Waals surface area contributed by atoms with Gasteiger partial charge in [-0.25, -0.2) is 4.57 Å². The smallest absolute Gasteiger partial charge is 0.462 e. The van der Waals surface area contributed by atoms with Crippen LogP contribution in [0.5, 0.6) is 0 Å². The van der Waals surface area contributed by atoms with E-state index in [1.165, 1.54) is 173 Å². The van der Waals surface area contributed by atoms with Crippen molar-refractivity contribution in [2.24, 2.45) is 0 Å². The topological polar surface area (TPSA) is 339 Å². The van der Waals surface area contributed by atoms with Crippen LogP contribution in [0.15, 0.2) is 0 Å². The van der Waals surface area contributed by atoms with Crippen LogP contribution < -0.4 is 10.6 Å². The predicted molar refractivity (Wildman–Crippen MR) is 478 cm³/mol. The zero-order valence-corrected chi connectivity index (χ0v) is 77.9. The number of hydrogen-bond acceptors (Lipinski definition) is 19. The van der Waals surface area contributed by atoms with Crippen LogP contribution in [0.3, 0.4) is 0 Å². The SMILES string of the molecule is CCCCCCCCCCCCCC(=O)O[C@H](CCCCCCCCCCC)CC(=O)N[C@H]1C(OC(=O)C[C@@H](CCCCCCCCCCC)OC(=O)CCCCCCCCCCCCC)[C@H](OP(=O)(O)O)C(CO)O[C@H]1OCC1O[C@H](O)[C@@H](NC(=O)C[C@@H](CCCCCCCCCCC)OC(=O)CCCCCCCCCCCCC)C(O)[C@@H]1O. The molecule has 0 saturated carbocycles. The molecule has 0 spiro atoms. The first-order valence-electron chi connectivity index (χ1n) is 49.9. The second-order valence-electron chi connectivity index (χ2n) is 35.5. The highest BCUT2D eigenvalue weighted by molar-refractivity contribution is 7.46. The van der Waals surface area contributed by atoms with Crippen molar-refractivity contribution in [3.05, 3.63) is 0 Å². The second kappa shape index (κ2) is 76.8. The lowest BCUT2D eigenvalue weighted by atomic mass is 9.95. The quantitative estimate of drug-likeness (QED) is 0.0121. The standard InChI is InChI=1S/C96H181N2O21P/c1-7-13-19-25-31-37-40-46-52-58-64-70-85(102)113-78(67-61-55-49-43-34-28-22-16-10-4)73-83(100)97-89-92(107)91(106)82(116-95(89)108)77-112-96-90(98-84(101)74-79(68-62-56-50-44-35-29-23-17-11-5)114-86(103)71-65-59-53-47-41-38-32-26-20-14-8-2)94(93(81(76-99)117-96)119-120(109,110)111)118-88(105)75-80(69-63-57-51-45-36-30-24-18-12-6)115-87(104)72-66-60-54-48-42-39-33-27-21-15-9-3/h78-82,89-96,99,106-108H,7-77H2,1-6H3,(H,97,100)(H,98,101)(H2,109,110,111)/t78-,79-,80-,81?,82?,89+,90+,91-,92?,93-,94?,95+,96-/m1/s1. The average Bonchev–Trinajstić information content (AvgIpc) is 0.778. The minimum absolute atomic E-state index is 0.124. The van der Waals surface area contributed by atoms with E-state index in [0.29, 0.717) is 51.4 Å². The van der Waals surface area contributed by atoms with Gasteiger partial charge >= 0.3 is 31.7 Å². The summed E-state index contributed by atoms with van der Waals surface area (Å²) < 4.78 is 61.5. The molecule has 2 saturated heterocycles. The van der Waals surface area contributed by atoms with E-state index in [0.717, 1.165) is 173 Å². The van der Waals surface area contributed by atoms with Crippen molar-refractivity contribution in [3.63, 3.8) is 0 Å². The van der Waals surface area contributed by atoms with Crippen LogP contribution in [0.1, 0.15) is 485 Å². The number of nitrogens with one attached hydrogen (secondary N) is 2. The van der Waals surface area contributed by atoms with E-state index in [9.17, 15) is 58.8 Å². The number of amides is 2. The molecule has 120 heavy (non-hydrogen) atoms. The number of carbonyl (C=O) groups is 6. The van der Waals surface area contributed by atoms with Gasteiger partial charge in [0.05, 0.1) is 32.5 Å². The summed E-state index contributed by atoms with van der Waals surface area (Å²) in [5.74, 6) is -3.84. The molecular formula is C96H181N2O21P. The zero-order chi connectivity index (χ0) is 87.7. The van der Waals surface area contributed by atoms with Crippen molar-refractivity contribution in [3.8, 4) is 0 Å². The summed E-state index contributed by atoms with van der Waals surface area (Å²) in [7, 11) is -5.58. The largest absolute Gasteiger partial charge is 0.470 e. The van der Waals surface area contributed by atoms with E-state index < -0.39 is 149 Å². The Morgan fingerprint density at radius 1 is 0.333 bits per heavy atom. The summed E-state index contributed by atoms with van der Waals surface area (Å²) in [6.07, 6.45) is 46.7. The van der Waals surface area contributed by atoms with Crippen molar-refractivity contribution in [1.29, 1.82) is 0 Å². The molecule has 8 N–H and O–H groups in total. The molecule has 4 unspecified atom stereocenters. The molecule has 0 radical (unpaired) electrons. The Morgan fingerprint density at radius 3 is 0.900 bits per heavy atom. The third kappa shape index (κ3) is 60.3. The van der Waals surface area contributed by atoms with E-state index in [-0.39, 0.29) is 32.1 Å². The van der Waals surface area contributed by atoms with Crippen molar-refractivity contribution < 1.29 is 101 Å². The van der Waals surface area contributed by atoms with Gasteiger partial charge in [0.2, 0.25) is 11.8 Å². The number of unbranched alkanes of at least 4 members (excludes halogenated alkanes) is 54.